The zero-order chi connectivity index (χ0) is 26.6. The second-order valence-corrected chi connectivity index (χ2v) is 11.1. The van der Waals surface area contributed by atoms with E-state index in [1.165, 1.54) is 56.1 Å². The fraction of sp³-hybridized carbons (Fsp3) is 0.606. The second-order valence-electron chi connectivity index (χ2n) is 11.1. The molecule has 0 aliphatic carbocycles. The number of carbonyl (C=O) groups is 1. The van der Waals surface area contributed by atoms with E-state index in [9.17, 15) is 4.79 Å². The summed E-state index contributed by atoms with van der Waals surface area (Å²) in [5, 5.41) is 0. The summed E-state index contributed by atoms with van der Waals surface area (Å²) in [5.41, 5.74) is 2.72. The Labute approximate surface area is 227 Å². The molecule has 0 heterocycles. The van der Waals surface area contributed by atoms with Crippen molar-refractivity contribution in [3.63, 3.8) is 0 Å². The molecule has 0 fully saturated rings. The van der Waals surface area contributed by atoms with Crippen molar-refractivity contribution >= 4 is 5.97 Å². The molecule has 0 N–H and O–H groups in total. The first-order valence-corrected chi connectivity index (χ1v) is 14.7. The van der Waals surface area contributed by atoms with E-state index in [1.807, 2.05) is 6.07 Å². The lowest BCUT2D eigenvalue weighted by atomic mass is 10.0. The first kappa shape index (κ1) is 30.9. The van der Waals surface area contributed by atoms with E-state index in [-0.39, 0.29) is 5.97 Å². The first-order chi connectivity index (χ1) is 18.0. The summed E-state index contributed by atoms with van der Waals surface area (Å²) < 4.78 is 12.3. The molecule has 0 aromatic heterocycles. The zero-order valence-electron chi connectivity index (χ0n) is 23.9. The van der Waals surface area contributed by atoms with Gasteiger partial charge in [-0.05, 0) is 56.2 Å². The van der Waals surface area contributed by atoms with Crippen molar-refractivity contribution in [1.82, 2.24) is 0 Å². The van der Waals surface area contributed by atoms with Gasteiger partial charge in [0.15, 0.2) is 0 Å². The molecule has 0 aliphatic heterocycles. The maximum atomic E-state index is 12.1. The number of nitrogens with zero attached hydrogens (tertiary/aromatic N) is 1. The monoisotopic (exact) mass is 510 g/mol. The summed E-state index contributed by atoms with van der Waals surface area (Å²) >= 11 is 0. The van der Waals surface area contributed by atoms with Crippen molar-refractivity contribution in [1.29, 1.82) is 0 Å². The van der Waals surface area contributed by atoms with Gasteiger partial charge in [0.05, 0.1) is 33.9 Å². The molecule has 0 radical (unpaired) electrons. The molecule has 0 bridgehead atoms. The van der Waals surface area contributed by atoms with Crippen LogP contribution in [-0.2, 0) is 22.5 Å². The molecule has 2 rings (SSSR count). The Morgan fingerprint density at radius 2 is 1.43 bits per heavy atom. The fourth-order valence-corrected chi connectivity index (χ4v) is 4.70. The van der Waals surface area contributed by atoms with Gasteiger partial charge in [0.1, 0.15) is 12.3 Å². The molecule has 4 nitrogen and oxygen atoms in total. The van der Waals surface area contributed by atoms with Crippen LogP contribution in [0.2, 0.25) is 0 Å². The number of hydrogen-bond donors (Lipinski definition) is 0. The summed E-state index contributed by atoms with van der Waals surface area (Å²) in [6.07, 6.45) is 14.6. The predicted octanol–water partition coefficient (Wildman–Crippen LogP) is 8.13. The molecule has 2 aromatic rings. The number of unbranched alkanes of at least 4 members (excludes halogenated alkanes) is 8. The third-order valence-electron chi connectivity index (χ3n) is 6.89. The predicted molar refractivity (Wildman–Crippen MR) is 155 cm³/mol. The van der Waals surface area contributed by atoms with Crippen LogP contribution in [0.1, 0.15) is 95.1 Å². The average Bonchev–Trinajstić information content (AvgIpc) is 2.89. The topological polar surface area (TPSA) is 35.5 Å². The van der Waals surface area contributed by atoms with Crippen LogP contribution >= 0.6 is 0 Å². The average molecular weight is 511 g/mol. The molecular formula is C33H52NO3+. The molecular weight excluding hydrogens is 458 g/mol. The van der Waals surface area contributed by atoms with Gasteiger partial charge in [0.2, 0.25) is 0 Å². The SMILES string of the molecule is CCCCCCCCCc1cccc(OCCCCOC(=O)CCCC[N+](C)(C)Cc2ccccc2)c1. The summed E-state index contributed by atoms with van der Waals surface area (Å²) in [4.78, 5) is 12.1. The minimum absolute atomic E-state index is 0.0765. The van der Waals surface area contributed by atoms with Gasteiger partial charge >= 0.3 is 5.97 Å². The lowest BCUT2D eigenvalue weighted by Gasteiger charge is -2.30. The maximum Gasteiger partial charge on any atom is 0.305 e. The van der Waals surface area contributed by atoms with E-state index in [1.54, 1.807) is 0 Å². The quantitative estimate of drug-likeness (QED) is 0.0966. The smallest absolute Gasteiger partial charge is 0.305 e. The van der Waals surface area contributed by atoms with Gasteiger partial charge in [-0.25, -0.2) is 0 Å². The molecule has 4 heteroatoms. The number of carbonyl (C=O) groups excluding carboxylic acids is 1. The molecule has 0 amide bonds. The molecule has 0 unspecified atom stereocenters. The maximum absolute atomic E-state index is 12.1. The van der Waals surface area contributed by atoms with E-state index >= 15 is 0 Å². The van der Waals surface area contributed by atoms with Crippen LogP contribution in [0.25, 0.3) is 0 Å². The van der Waals surface area contributed by atoms with Gasteiger partial charge in [-0.1, -0.05) is 87.9 Å². The van der Waals surface area contributed by atoms with Crippen LogP contribution in [0.4, 0.5) is 0 Å². The van der Waals surface area contributed by atoms with Crippen molar-refractivity contribution in [3.8, 4) is 5.75 Å². The largest absolute Gasteiger partial charge is 0.494 e. The summed E-state index contributed by atoms with van der Waals surface area (Å²) in [5.74, 6) is 0.873. The summed E-state index contributed by atoms with van der Waals surface area (Å²) in [6.45, 7) is 5.47. The molecule has 2 aromatic carbocycles. The van der Waals surface area contributed by atoms with Gasteiger partial charge in [0, 0.05) is 12.0 Å². The number of rotatable bonds is 21. The molecule has 0 saturated heterocycles. The van der Waals surface area contributed by atoms with Crippen molar-refractivity contribution < 1.29 is 18.8 Å². The Morgan fingerprint density at radius 1 is 0.730 bits per heavy atom. The number of quaternary nitrogens is 1. The molecule has 37 heavy (non-hydrogen) atoms. The third kappa shape index (κ3) is 15.5. The Kier molecular flexibility index (Phi) is 15.7. The number of hydrogen-bond acceptors (Lipinski definition) is 3. The van der Waals surface area contributed by atoms with Gasteiger partial charge in [-0.2, -0.15) is 0 Å². The van der Waals surface area contributed by atoms with Crippen LogP contribution < -0.4 is 4.74 Å². The van der Waals surface area contributed by atoms with Gasteiger partial charge < -0.3 is 14.0 Å². The van der Waals surface area contributed by atoms with E-state index in [0.717, 1.165) is 55.4 Å². The minimum Gasteiger partial charge on any atom is -0.494 e. The Bertz CT molecular complexity index is 850. The zero-order valence-corrected chi connectivity index (χ0v) is 23.9. The van der Waals surface area contributed by atoms with E-state index in [0.29, 0.717) is 19.6 Å². The highest BCUT2D eigenvalue weighted by Gasteiger charge is 2.15. The van der Waals surface area contributed by atoms with Crippen LogP contribution in [0.5, 0.6) is 5.75 Å². The Balaban J connectivity index is 1.47. The van der Waals surface area contributed by atoms with Crippen LogP contribution in [0, 0.1) is 0 Å². The summed E-state index contributed by atoms with van der Waals surface area (Å²) in [7, 11) is 4.50. The van der Waals surface area contributed by atoms with Gasteiger partial charge in [-0.3, -0.25) is 4.79 Å². The Morgan fingerprint density at radius 3 is 2.22 bits per heavy atom. The second kappa shape index (κ2) is 18.8. The Hall–Kier alpha value is -2.33. The van der Waals surface area contributed by atoms with E-state index < -0.39 is 0 Å². The molecule has 0 aliphatic rings. The van der Waals surface area contributed by atoms with Crippen molar-refractivity contribution in [2.75, 3.05) is 33.9 Å². The number of benzene rings is 2. The van der Waals surface area contributed by atoms with Gasteiger partial charge in [-0.15, -0.1) is 0 Å². The molecule has 0 spiro atoms. The highest BCUT2D eigenvalue weighted by Crippen LogP contribution is 2.17. The highest BCUT2D eigenvalue weighted by atomic mass is 16.5. The molecule has 0 saturated carbocycles. The van der Waals surface area contributed by atoms with Crippen molar-refractivity contribution in [3.05, 3.63) is 65.7 Å². The van der Waals surface area contributed by atoms with Crippen molar-refractivity contribution in [2.45, 2.75) is 96.9 Å². The van der Waals surface area contributed by atoms with E-state index in [4.69, 9.17) is 9.47 Å². The fourth-order valence-electron chi connectivity index (χ4n) is 4.70. The normalized spacial score (nSPS) is 11.4. The lowest BCUT2D eigenvalue weighted by Crippen LogP contribution is -2.39. The number of esters is 1. The van der Waals surface area contributed by atoms with Crippen molar-refractivity contribution in [2.24, 2.45) is 0 Å². The first-order valence-electron chi connectivity index (χ1n) is 14.7. The molecule has 0 atom stereocenters. The number of ether oxygens (including phenoxy) is 2. The standard InChI is InChI=1S/C33H52NO3/c1-4-5-6-7-8-9-11-19-30-22-18-23-32(28-30)36-26-16-17-27-37-33(35)24-14-15-25-34(2,3)29-31-20-12-10-13-21-31/h10,12-13,18,20-23,28H,4-9,11,14-17,19,24-27,29H2,1-3H3/q+1. The minimum atomic E-state index is -0.0765. The summed E-state index contributed by atoms with van der Waals surface area (Å²) in [6, 6.07) is 19.1. The third-order valence-corrected chi connectivity index (χ3v) is 6.89. The van der Waals surface area contributed by atoms with Crippen LogP contribution in [0.3, 0.4) is 0 Å². The number of aryl methyl sites for hydroxylation is 1. The highest BCUT2D eigenvalue weighted by molar-refractivity contribution is 5.69. The van der Waals surface area contributed by atoms with Gasteiger partial charge in [0.25, 0.3) is 0 Å². The van der Waals surface area contributed by atoms with Crippen LogP contribution in [0.15, 0.2) is 54.6 Å². The lowest BCUT2D eigenvalue weighted by molar-refractivity contribution is -0.903. The van der Waals surface area contributed by atoms with Crippen LogP contribution in [-0.4, -0.2) is 44.3 Å². The van der Waals surface area contributed by atoms with E-state index in [2.05, 4.69) is 69.6 Å². The molecule has 206 valence electrons.